The third-order valence-electron chi connectivity index (χ3n) is 2.98. The molecule has 2 aromatic rings. The average molecular weight is 287 g/mol. The van der Waals surface area contributed by atoms with Gasteiger partial charge < -0.3 is 0 Å². The van der Waals surface area contributed by atoms with E-state index < -0.39 is 0 Å². The Hall–Kier alpha value is -1.37. The van der Waals surface area contributed by atoms with Crippen molar-refractivity contribution in [2.45, 2.75) is 12.5 Å². The van der Waals surface area contributed by atoms with Gasteiger partial charge in [0.15, 0.2) is 0 Å². The van der Waals surface area contributed by atoms with Crippen LogP contribution in [0, 0.1) is 0 Å². The quantitative estimate of drug-likeness (QED) is 0.733. The van der Waals surface area contributed by atoms with Gasteiger partial charge in [-0.2, -0.15) is 0 Å². The minimum atomic E-state index is 0.0473. The van der Waals surface area contributed by atoms with Crippen LogP contribution in [0.15, 0.2) is 54.6 Å². The molecule has 0 fully saturated rings. The van der Waals surface area contributed by atoms with Crippen molar-refractivity contribution in [3.63, 3.8) is 0 Å². The Kier molecular flexibility index (Phi) is 2.84. The molecule has 84 valence electrons. The standard InChI is InChI=1S/C15H12OSe/c17-14-10-12-8-4-5-9-13(12)16-15(14)11-6-2-1-3-7-11/h1-9,15H,10H2. The molecule has 2 heteroatoms. The second-order valence-corrected chi connectivity index (χ2v) is 5.26. The SMILES string of the molecule is [Se]=C1Cc2ccccc2OC1c1ccccc1. The number of hydrogen-bond donors (Lipinski definition) is 0. The molecule has 0 amide bonds. The molecule has 0 N–H and O–H groups in total. The summed E-state index contributed by atoms with van der Waals surface area (Å²) in [5, 5.41) is 0. The first-order chi connectivity index (χ1) is 8.34. The van der Waals surface area contributed by atoms with Gasteiger partial charge in [-0.25, -0.2) is 0 Å². The van der Waals surface area contributed by atoms with Gasteiger partial charge in [-0.1, -0.05) is 0 Å². The fraction of sp³-hybridized carbons (Fsp3) is 0.133. The molecule has 17 heavy (non-hydrogen) atoms. The first-order valence-electron chi connectivity index (χ1n) is 5.67. The molecule has 1 atom stereocenters. The molecule has 0 spiro atoms. The third-order valence-corrected chi connectivity index (χ3v) is 3.73. The Balaban J connectivity index is 1.98. The Morgan fingerprint density at radius 3 is 2.47 bits per heavy atom. The van der Waals surface area contributed by atoms with Crippen molar-refractivity contribution < 1.29 is 4.74 Å². The molecule has 1 aliphatic rings. The number of rotatable bonds is 1. The van der Waals surface area contributed by atoms with Gasteiger partial charge in [-0.3, -0.25) is 0 Å². The number of fused-ring (bicyclic) bond motifs is 1. The summed E-state index contributed by atoms with van der Waals surface area (Å²) in [6.45, 7) is 0. The topological polar surface area (TPSA) is 9.23 Å². The van der Waals surface area contributed by atoms with Crippen LogP contribution in [0.25, 0.3) is 0 Å². The molecule has 1 heterocycles. The van der Waals surface area contributed by atoms with Gasteiger partial charge >= 0.3 is 109 Å². The number of para-hydroxylation sites is 1. The van der Waals surface area contributed by atoms with Crippen molar-refractivity contribution in [1.82, 2.24) is 0 Å². The van der Waals surface area contributed by atoms with Crippen LogP contribution in [0.5, 0.6) is 5.75 Å². The normalized spacial score (nSPS) is 18.4. The van der Waals surface area contributed by atoms with Gasteiger partial charge in [0, 0.05) is 0 Å². The van der Waals surface area contributed by atoms with Crippen LogP contribution in [0.3, 0.4) is 0 Å². The molecular weight excluding hydrogens is 275 g/mol. The molecule has 0 radical (unpaired) electrons. The van der Waals surface area contributed by atoms with Crippen LogP contribution in [0.4, 0.5) is 0 Å². The van der Waals surface area contributed by atoms with Crippen LogP contribution < -0.4 is 4.74 Å². The van der Waals surface area contributed by atoms with E-state index in [1.54, 1.807) is 0 Å². The maximum atomic E-state index is 6.06. The molecule has 0 aromatic heterocycles. The van der Waals surface area contributed by atoms with Crippen LogP contribution in [-0.4, -0.2) is 20.0 Å². The van der Waals surface area contributed by atoms with Crippen molar-refractivity contribution in [3.05, 3.63) is 65.7 Å². The van der Waals surface area contributed by atoms with E-state index in [0.717, 1.165) is 12.2 Å². The van der Waals surface area contributed by atoms with Gasteiger partial charge in [-0.05, 0) is 0 Å². The third kappa shape index (κ3) is 2.06. The predicted octanol–water partition coefficient (Wildman–Crippen LogP) is 2.70. The maximum absolute atomic E-state index is 6.06. The van der Waals surface area contributed by atoms with Crippen LogP contribution in [-0.2, 0) is 6.42 Å². The second-order valence-electron chi connectivity index (χ2n) is 4.16. The first-order valence-corrected chi connectivity index (χ1v) is 6.52. The van der Waals surface area contributed by atoms with E-state index in [1.165, 1.54) is 15.5 Å². The molecule has 0 saturated heterocycles. The van der Waals surface area contributed by atoms with Crippen molar-refractivity contribution in [3.8, 4) is 5.75 Å². The van der Waals surface area contributed by atoms with Gasteiger partial charge in [0.05, 0.1) is 0 Å². The van der Waals surface area contributed by atoms with Crippen LogP contribution in [0.1, 0.15) is 17.2 Å². The van der Waals surface area contributed by atoms with E-state index in [0.29, 0.717) is 0 Å². The summed E-state index contributed by atoms with van der Waals surface area (Å²) in [5.74, 6) is 1.00. The average Bonchev–Trinajstić information content (AvgIpc) is 2.39. The fourth-order valence-electron chi connectivity index (χ4n) is 2.12. The van der Waals surface area contributed by atoms with Gasteiger partial charge in [0.1, 0.15) is 0 Å². The van der Waals surface area contributed by atoms with Crippen LogP contribution in [0.2, 0.25) is 0 Å². The monoisotopic (exact) mass is 288 g/mol. The molecule has 1 unspecified atom stereocenters. The first kappa shape index (κ1) is 10.8. The molecule has 0 bridgehead atoms. The number of benzene rings is 2. The summed E-state index contributed by atoms with van der Waals surface area (Å²) >= 11 is 3.16. The zero-order valence-corrected chi connectivity index (χ0v) is 11.0. The van der Waals surface area contributed by atoms with E-state index in [4.69, 9.17) is 4.74 Å². The summed E-state index contributed by atoms with van der Waals surface area (Å²) in [6.07, 6.45) is 1.00. The van der Waals surface area contributed by atoms with E-state index in [2.05, 4.69) is 39.8 Å². The molecule has 1 nitrogen and oxygen atoms in total. The van der Waals surface area contributed by atoms with Gasteiger partial charge in [0.25, 0.3) is 0 Å². The van der Waals surface area contributed by atoms with Crippen LogP contribution >= 0.6 is 0 Å². The Morgan fingerprint density at radius 1 is 0.941 bits per heavy atom. The Morgan fingerprint density at radius 2 is 1.65 bits per heavy atom. The van der Waals surface area contributed by atoms with E-state index in [1.807, 2.05) is 30.3 Å². The summed E-state index contributed by atoms with van der Waals surface area (Å²) in [7, 11) is 0. The summed E-state index contributed by atoms with van der Waals surface area (Å²) in [4.78, 5) is 0. The van der Waals surface area contributed by atoms with Crippen molar-refractivity contribution in [2.75, 3.05) is 0 Å². The van der Waals surface area contributed by atoms with Crippen molar-refractivity contribution >= 4 is 20.0 Å². The summed E-state index contributed by atoms with van der Waals surface area (Å²) in [5.41, 5.74) is 2.46. The molecule has 1 aliphatic heterocycles. The fourth-order valence-corrected chi connectivity index (χ4v) is 2.83. The summed E-state index contributed by atoms with van der Waals surface area (Å²) < 4.78 is 7.31. The summed E-state index contributed by atoms with van der Waals surface area (Å²) in [6, 6.07) is 18.6. The molecule has 2 aromatic carbocycles. The van der Waals surface area contributed by atoms with Gasteiger partial charge in [0.2, 0.25) is 0 Å². The molecule has 0 saturated carbocycles. The predicted molar refractivity (Wildman–Crippen MR) is 70.7 cm³/mol. The molecule has 3 rings (SSSR count). The number of ether oxygens (including phenoxy) is 1. The van der Waals surface area contributed by atoms with E-state index in [-0.39, 0.29) is 6.10 Å². The van der Waals surface area contributed by atoms with E-state index >= 15 is 0 Å². The number of hydrogen-bond acceptors (Lipinski definition) is 1. The van der Waals surface area contributed by atoms with E-state index in [9.17, 15) is 0 Å². The zero-order valence-electron chi connectivity index (χ0n) is 9.30. The van der Waals surface area contributed by atoms with Crippen molar-refractivity contribution in [1.29, 1.82) is 0 Å². The van der Waals surface area contributed by atoms with Gasteiger partial charge in [-0.15, -0.1) is 0 Å². The van der Waals surface area contributed by atoms with Crippen molar-refractivity contribution in [2.24, 2.45) is 0 Å². The minimum absolute atomic E-state index is 0.0473. The Labute approximate surface area is 109 Å². The molecule has 0 aliphatic carbocycles. The molecular formula is C15H12OSe. The second kappa shape index (κ2) is 4.48. The zero-order chi connectivity index (χ0) is 11.7. The Bertz CT molecular complexity index is 548.